The van der Waals surface area contributed by atoms with Crippen LogP contribution < -0.4 is 14.4 Å². The molecule has 6 nitrogen and oxygen atoms in total. The van der Waals surface area contributed by atoms with Crippen molar-refractivity contribution < 1.29 is 14.3 Å². The number of fused-ring (bicyclic) bond motifs is 2. The van der Waals surface area contributed by atoms with Gasteiger partial charge in [0.05, 0.1) is 16.8 Å². The van der Waals surface area contributed by atoms with E-state index in [1.165, 1.54) is 5.56 Å². The first kappa shape index (κ1) is 20.7. The number of hydrogen-bond acceptors (Lipinski definition) is 6. The predicted octanol–water partition coefficient (Wildman–Crippen LogP) is 4.52. The Hall–Kier alpha value is -3.90. The fourth-order valence-electron chi connectivity index (χ4n) is 4.79. The molecule has 0 spiro atoms. The second-order valence-corrected chi connectivity index (χ2v) is 8.69. The molecule has 170 valence electrons. The van der Waals surface area contributed by atoms with Gasteiger partial charge in [-0.05, 0) is 11.6 Å². The molecule has 2 aliphatic rings. The molecule has 0 amide bonds. The second-order valence-electron chi connectivity index (χ2n) is 8.69. The van der Waals surface area contributed by atoms with Gasteiger partial charge < -0.3 is 14.4 Å². The van der Waals surface area contributed by atoms with Crippen LogP contribution in [0.1, 0.15) is 21.5 Å². The maximum Gasteiger partial charge on any atom is 0.231 e. The van der Waals surface area contributed by atoms with E-state index < -0.39 is 0 Å². The number of carbonyl (C=O) groups is 1. The summed E-state index contributed by atoms with van der Waals surface area (Å²) in [5.41, 5.74) is 4.33. The highest BCUT2D eigenvalue weighted by Crippen LogP contribution is 2.40. The highest BCUT2D eigenvalue weighted by Gasteiger charge is 2.27. The van der Waals surface area contributed by atoms with Crippen molar-refractivity contribution in [1.82, 2.24) is 9.88 Å². The van der Waals surface area contributed by atoms with Gasteiger partial charge in [0, 0.05) is 55.9 Å². The summed E-state index contributed by atoms with van der Waals surface area (Å²) in [4.78, 5) is 23.0. The Kier molecular flexibility index (Phi) is 5.35. The monoisotopic (exact) mass is 451 g/mol. The second kappa shape index (κ2) is 8.80. The summed E-state index contributed by atoms with van der Waals surface area (Å²) in [5, 5.41) is 0.919. The third-order valence-electron chi connectivity index (χ3n) is 6.55. The van der Waals surface area contributed by atoms with Crippen LogP contribution in [-0.2, 0) is 6.54 Å². The predicted molar refractivity (Wildman–Crippen MR) is 132 cm³/mol. The SMILES string of the molecule is O=C(c1ccccc1)c1cnc2cc3c(cc2c1N1CCN(Cc2ccccc2)CC1)OCO3. The number of ether oxygens (including phenoxy) is 2. The highest BCUT2D eigenvalue weighted by atomic mass is 16.7. The van der Waals surface area contributed by atoms with Gasteiger partial charge in [0.25, 0.3) is 0 Å². The molecular weight excluding hydrogens is 426 g/mol. The van der Waals surface area contributed by atoms with Crippen LogP contribution in [0.15, 0.2) is 79.0 Å². The number of benzene rings is 3. The number of piperazine rings is 1. The lowest BCUT2D eigenvalue weighted by atomic mass is 9.99. The molecule has 6 rings (SSSR count). The number of nitrogens with zero attached hydrogens (tertiary/aromatic N) is 3. The summed E-state index contributed by atoms with van der Waals surface area (Å²) < 4.78 is 11.2. The van der Waals surface area contributed by atoms with E-state index in [4.69, 9.17) is 9.47 Å². The van der Waals surface area contributed by atoms with E-state index in [-0.39, 0.29) is 12.6 Å². The number of aromatic nitrogens is 1. The van der Waals surface area contributed by atoms with Crippen LogP contribution in [0.25, 0.3) is 10.9 Å². The summed E-state index contributed by atoms with van der Waals surface area (Å²) >= 11 is 0. The van der Waals surface area contributed by atoms with Crippen molar-refractivity contribution in [2.75, 3.05) is 37.9 Å². The van der Waals surface area contributed by atoms with Gasteiger partial charge in [-0.3, -0.25) is 14.7 Å². The summed E-state index contributed by atoms with van der Waals surface area (Å²) in [6, 6.07) is 23.8. The number of carbonyl (C=O) groups excluding carboxylic acids is 1. The molecule has 0 saturated carbocycles. The van der Waals surface area contributed by atoms with Crippen LogP contribution in [0, 0.1) is 0 Å². The first-order chi connectivity index (χ1) is 16.8. The molecule has 1 saturated heterocycles. The van der Waals surface area contributed by atoms with E-state index in [9.17, 15) is 4.79 Å². The maximum absolute atomic E-state index is 13.6. The van der Waals surface area contributed by atoms with Crippen molar-refractivity contribution in [2.45, 2.75) is 6.54 Å². The zero-order valence-electron chi connectivity index (χ0n) is 18.8. The van der Waals surface area contributed by atoms with E-state index in [1.807, 2.05) is 48.5 Å². The summed E-state index contributed by atoms with van der Waals surface area (Å²) in [6.45, 7) is 4.63. The Labute approximate surface area is 198 Å². The molecule has 0 bridgehead atoms. The normalized spacial score (nSPS) is 15.6. The highest BCUT2D eigenvalue weighted by molar-refractivity contribution is 6.16. The Morgan fingerprint density at radius 1 is 0.853 bits per heavy atom. The van der Waals surface area contributed by atoms with Gasteiger partial charge in [-0.1, -0.05) is 60.7 Å². The minimum Gasteiger partial charge on any atom is -0.454 e. The maximum atomic E-state index is 13.6. The van der Waals surface area contributed by atoms with Crippen molar-refractivity contribution in [2.24, 2.45) is 0 Å². The fraction of sp³-hybridized carbons (Fsp3) is 0.214. The number of pyridine rings is 1. The molecule has 0 N–H and O–H groups in total. The number of rotatable bonds is 5. The molecule has 4 aromatic rings. The Morgan fingerprint density at radius 2 is 1.53 bits per heavy atom. The fourth-order valence-corrected chi connectivity index (χ4v) is 4.79. The van der Waals surface area contributed by atoms with E-state index in [0.717, 1.165) is 49.3 Å². The van der Waals surface area contributed by atoms with E-state index in [0.29, 0.717) is 22.6 Å². The van der Waals surface area contributed by atoms with Crippen LogP contribution in [0.2, 0.25) is 0 Å². The quantitative estimate of drug-likeness (QED) is 0.416. The lowest BCUT2D eigenvalue weighted by Crippen LogP contribution is -2.46. The van der Waals surface area contributed by atoms with E-state index >= 15 is 0 Å². The molecule has 3 aromatic carbocycles. The Balaban J connectivity index is 1.36. The van der Waals surface area contributed by atoms with Crippen LogP contribution in [0.4, 0.5) is 5.69 Å². The average molecular weight is 452 g/mol. The van der Waals surface area contributed by atoms with Crippen molar-refractivity contribution in [3.05, 3.63) is 95.7 Å². The van der Waals surface area contributed by atoms with Crippen LogP contribution in [0.3, 0.4) is 0 Å². The van der Waals surface area contributed by atoms with Gasteiger partial charge in [-0.25, -0.2) is 0 Å². The van der Waals surface area contributed by atoms with E-state index in [1.54, 1.807) is 6.20 Å². The van der Waals surface area contributed by atoms with Crippen molar-refractivity contribution in [3.63, 3.8) is 0 Å². The molecule has 0 atom stereocenters. The molecular formula is C28H25N3O3. The topological polar surface area (TPSA) is 54.9 Å². The number of anilines is 1. The zero-order chi connectivity index (χ0) is 22.9. The third kappa shape index (κ3) is 3.86. The summed E-state index contributed by atoms with van der Waals surface area (Å²) in [5.74, 6) is 1.37. The minimum absolute atomic E-state index is 0.0191. The zero-order valence-corrected chi connectivity index (χ0v) is 18.8. The molecule has 1 aromatic heterocycles. The molecule has 3 heterocycles. The van der Waals surface area contributed by atoms with Crippen LogP contribution in [-0.4, -0.2) is 48.6 Å². The van der Waals surface area contributed by atoms with Gasteiger partial charge >= 0.3 is 0 Å². The molecule has 2 aliphatic heterocycles. The lowest BCUT2D eigenvalue weighted by Gasteiger charge is -2.37. The van der Waals surface area contributed by atoms with E-state index in [2.05, 4.69) is 39.0 Å². The number of hydrogen-bond donors (Lipinski definition) is 0. The average Bonchev–Trinajstić information content (AvgIpc) is 3.35. The van der Waals surface area contributed by atoms with Gasteiger partial charge in [0.15, 0.2) is 17.3 Å². The van der Waals surface area contributed by atoms with Crippen molar-refractivity contribution in [3.8, 4) is 11.5 Å². The van der Waals surface area contributed by atoms with Crippen LogP contribution in [0.5, 0.6) is 11.5 Å². The first-order valence-electron chi connectivity index (χ1n) is 11.6. The number of ketones is 1. The third-order valence-corrected chi connectivity index (χ3v) is 6.55. The standard InChI is InChI=1S/C28H25N3O3/c32-28(21-9-5-2-6-10-21)23-17-29-24-16-26-25(33-19-34-26)15-22(24)27(23)31-13-11-30(12-14-31)18-20-7-3-1-4-8-20/h1-10,15-17H,11-14,18-19H2. The van der Waals surface area contributed by atoms with Gasteiger partial charge in [-0.15, -0.1) is 0 Å². The first-order valence-corrected chi connectivity index (χ1v) is 11.6. The smallest absolute Gasteiger partial charge is 0.231 e. The molecule has 0 unspecified atom stereocenters. The van der Waals surface area contributed by atoms with Gasteiger partial charge in [-0.2, -0.15) is 0 Å². The molecule has 1 fully saturated rings. The van der Waals surface area contributed by atoms with Crippen molar-refractivity contribution >= 4 is 22.4 Å². The van der Waals surface area contributed by atoms with Gasteiger partial charge in [0.2, 0.25) is 6.79 Å². The van der Waals surface area contributed by atoms with Gasteiger partial charge in [0.1, 0.15) is 0 Å². The Morgan fingerprint density at radius 3 is 2.26 bits per heavy atom. The summed E-state index contributed by atoms with van der Waals surface area (Å²) in [6.07, 6.45) is 1.71. The lowest BCUT2D eigenvalue weighted by molar-refractivity contribution is 0.103. The Bertz CT molecular complexity index is 1330. The molecule has 34 heavy (non-hydrogen) atoms. The summed E-state index contributed by atoms with van der Waals surface area (Å²) in [7, 11) is 0. The molecule has 6 heteroatoms. The van der Waals surface area contributed by atoms with Crippen LogP contribution >= 0.6 is 0 Å². The molecule has 0 aliphatic carbocycles. The minimum atomic E-state index is -0.0191. The molecule has 0 radical (unpaired) electrons. The largest absolute Gasteiger partial charge is 0.454 e. The van der Waals surface area contributed by atoms with Crippen molar-refractivity contribution in [1.29, 1.82) is 0 Å².